The maximum absolute atomic E-state index is 14.1. The van der Waals surface area contributed by atoms with Gasteiger partial charge in [-0.1, -0.05) is 0 Å². The van der Waals surface area contributed by atoms with Gasteiger partial charge in [0, 0.05) is 42.1 Å². The number of hydrogen-bond donors (Lipinski definition) is 0. The van der Waals surface area contributed by atoms with E-state index in [1.807, 2.05) is 6.07 Å². The maximum Gasteiger partial charge on any atom is 0.147 e. The molecule has 6 heteroatoms. The molecular formula is C16H15BrFN3S. The first-order valence-electron chi connectivity index (χ1n) is 7.06. The predicted octanol–water partition coefficient (Wildman–Crippen LogP) is 3.84. The van der Waals surface area contributed by atoms with E-state index in [1.165, 1.54) is 10.9 Å². The molecule has 1 aliphatic rings. The Balaban J connectivity index is 1.62. The molecule has 22 heavy (non-hydrogen) atoms. The second-order valence-corrected chi connectivity index (χ2v) is 7.09. The van der Waals surface area contributed by atoms with Crippen molar-refractivity contribution in [2.24, 2.45) is 0 Å². The van der Waals surface area contributed by atoms with E-state index in [4.69, 9.17) is 5.26 Å². The molecule has 0 radical (unpaired) electrons. The van der Waals surface area contributed by atoms with Gasteiger partial charge in [0.05, 0.1) is 17.3 Å². The smallest absolute Gasteiger partial charge is 0.147 e. The van der Waals surface area contributed by atoms with Crippen LogP contribution >= 0.6 is 27.3 Å². The van der Waals surface area contributed by atoms with Crippen molar-refractivity contribution >= 4 is 33.0 Å². The summed E-state index contributed by atoms with van der Waals surface area (Å²) in [5.74, 6) is -0.312. The first kappa shape index (κ1) is 15.5. The van der Waals surface area contributed by atoms with Crippen molar-refractivity contribution in [2.75, 3.05) is 31.1 Å². The lowest BCUT2D eigenvalue weighted by Gasteiger charge is -2.36. The van der Waals surface area contributed by atoms with Gasteiger partial charge < -0.3 is 4.90 Å². The van der Waals surface area contributed by atoms with Gasteiger partial charge in [-0.25, -0.2) is 4.39 Å². The molecule has 114 valence electrons. The van der Waals surface area contributed by atoms with E-state index in [9.17, 15) is 4.39 Å². The molecule has 1 fully saturated rings. The highest BCUT2D eigenvalue weighted by molar-refractivity contribution is 9.10. The van der Waals surface area contributed by atoms with Gasteiger partial charge in [-0.3, -0.25) is 4.90 Å². The molecule has 0 amide bonds. The Hall–Kier alpha value is -1.42. The normalized spacial score (nSPS) is 15.8. The lowest BCUT2D eigenvalue weighted by Crippen LogP contribution is -2.46. The monoisotopic (exact) mass is 379 g/mol. The second kappa shape index (κ2) is 6.78. The minimum Gasteiger partial charge on any atom is -0.367 e. The van der Waals surface area contributed by atoms with E-state index < -0.39 is 0 Å². The molecule has 0 unspecified atom stereocenters. The molecule has 0 spiro atoms. The number of rotatable bonds is 3. The molecular weight excluding hydrogens is 365 g/mol. The van der Waals surface area contributed by atoms with Crippen LogP contribution in [0.3, 0.4) is 0 Å². The number of anilines is 1. The van der Waals surface area contributed by atoms with Crippen LogP contribution in [-0.2, 0) is 6.54 Å². The zero-order valence-electron chi connectivity index (χ0n) is 11.9. The van der Waals surface area contributed by atoms with E-state index in [-0.39, 0.29) is 5.82 Å². The summed E-state index contributed by atoms with van der Waals surface area (Å²) < 4.78 is 15.2. The number of nitriles is 1. The summed E-state index contributed by atoms with van der Waals surface area (Å²) >= 11 is 5.32. The summed E-state index contributed by atoms with van der Waals surface area (Å²) in [6.07, 6.45) is 0. The number of hydrogen-bond acceptors (Lipinski definition) is 4. The topological polar surface area (TPSA) is 30.3 Å². The van der Waals surface area contributed by atoms with Gasteiger partial charge in [-0.2, -0.15) is 5.26 Å². The molecule has 0 N–H and O–H groups in total. The molecule has 0 saturated carbocycles. The third-order valence-corrected chi connectivity index (χ3v) is 5.76. The van der Waals surface area contributed by atoms with E-state index in [0.717, 1.165) is 37.2 Å². The first-order chi connectivity index (χ1) is 10.7. The predicted molar refractivity (Wildman–Crippen MR) is 90.6 cm³/mol. The molecule has 0 aliphatic carbocycles. The third kappa shape index (κ3) is 3.32. The van der Waals surface area contributed by atoms with E-state index in [1.54, 1.807) is 23.5 Å². The van der Waals surface area contributed by atoms with Crippen molar-refractivity contribution in [3.63, 3.8) is 0 Å². The van der Waals surface area contributed by atoms with Crippen molar-refractivity contribution < 1.29 is 4.39 Å². The molecule has 1 aliphatic heterocycles. The largest absolute Gasteiger partial charge is 0.367 e. The lowest BCUT2D eigenvalue weighted by atomic mass is 10.2. The molecule has 1 saturated heterocycles. The molecule has 1 aromatic heterocycles. The average molecular weight is 380 g/mol. The molecule has 2 aromatic rings. The highest BCUT2D eigenvalue weighted by atomic mass is 79.9. The Bertz CT molecular complexity index is 702. The Morgan fingerprint density at radius 3 is 2.59 bits per heavy atom. The number of thiophene rings is 1. The second-order valence-electron chi connectivity index (χ2n) is 5.23. The SMILES string of the molecule is N#Cc1ccc(N2CCN(Cc3sccc3Br)CC2)c(F)c1. The van der Waals surface area contributed by atoms with Gasteiger partial charge in [0.25, 0.3) is 0 Å². The van der Waals surface area contributed by atoms with Gasteiger partial charge in [-0.05, 0) is 45.6 Å². The number of nitrogens with zero attached hydrogens (tertiary/aromatic N) is 3. The van der Waals surface area contributed by atoms with Crippen LogP contribution in [0.4, 0.5) is 10.1 Å². The van der Waals surface area contributed by atoms with Crippen LogP contribution in [0.2, 0.25) is 0 Å². The van der Waals surface area contributed by atoms with Crippen molar-refractivity contribution in [3.8, 4) is 6.07 Å². The standard InChI is InChI=1S/C16H15BrFN3S/c17-13-3-8-22-16(13)11-20-4-6-21(7-5-20)15-2-1-12(10-19)9-14(15)18/h1-3,8-9H,4-7,11H2. The van der Waals surface area contributed by atoms with Gasteiger partial charge in [0.1, 0.15) is 5.82 Å². The minimum absolute atomic E-state index is 0.312. The zero-order chi connectivity index (χ0) is 15.5. The fourth-order valence-electron chi connectivity index (χ4n) is 2.62. The summed E-state index contributed by atoms with van der Waals surface area (Å²) in [7, 11) is 0. The maximum atomic E-state index is 14.1. The van der Waals surface area contributed by atoms with Crippen LogP contribution < -0.4 is 4.90 Å². The Kier molecular flexibility index (Phi) is 4.77. The van der Waals surface area contributed by atoms with E-state index in [2.05, 4.69) is 37.2 Å². The van der Waals surface area contributed by atoms with Gasteiger partial charge in [0.15, 0.2) is 0 Å². The number of halogens is 2. The molecule has 3 rings (SSSR count). The van der Waals surface area contributed by atoms with Crippen LogP contribution in [0, 0.1) is 17.1 Å². The van der Waals surface area contributed by atoms with Crippen molar-refractivity contribution in [2.45, 2.75) is 6.54 Å². The molecule has 0 atom stereocenters. The summed E-state index contributed by atoms with van der Waals surface area (Å²) in [4.78, 5) is 5.77. The van der Waals surface area contributed by atoms with Crippen LogP contribution in [0.25, 0.3) is 0 Å². The highest BCUT2D eigenvalue weighted by Gasteiger charge is 2.20. The summed E-state index contributed by atoms with van der Waals surface area (Å²) in [5, 5.41) is 10.9. The fourth-order valence-corrected chi connectivity index (χ4v) is 4.14. The number of piperazine rings is 1. The Morgan fingerprint density at radius 2 is 2.00 bits per heavy atom. The Morgan fingerprint density at radius 1 is 1.23 bits per heavy atom. The zero-order valence-corrected chi connectivity index (χ0v) is 14.3. The third-order valence-electron chi connectivity index (χ3n) is 3.85. The molecule has 0 bridgehead atoms. The molecule has 1 aromatic carbocycles. The van der Waals surface area contributed by atoms with Crippen LogP contribution in [0.5, 0.6) is 0 Å². The summed E-state index contributed by atoms with van der Waals surface area (Å²) in [6, 6.07) is 8.73. The first-order valence-corrected chi connectivity index (χ1v) is 8.73. The Labute approximate surface area is 141 Å². The van der Waals surface area contributed by atoms with Gasteiger partial charge in [-0.15, -0.1) is 11.3 Å². The average Bonchev–Trinajstić information content (AvgIpc) is 2.93. The summed E-state index contributed by atoms with van der Waals surface area (Å²) in [5.41, 5.74) is 0.957. The van der Waals surface area contributed by atoms with E-state index >= 15 is 0 Å². The van der Waals surface area contributed by atoms with Crippen molar-refractivity contribution in [3.05, 3.63) is 50.4 Å². The van der Waals surface area contributed by atoms with Gasteiger partial charge in [0.2, 0.25) is 0 Å². The van der Waals surface area contributed by atoms with Crippen LogP contribution in [0.15, 0.2) is 34.1 Å². The minimum atomic E-state index is -0.312. The van der Waals surface area contributed by atoms with Crippen LogP contribution in [0.1, 0.15) is 10.4 Å². The molecule has 3 nitrogen and oxygen atoms in total. The van der Waals surface area contributed by atoms with Crippen molar-refractivity contribution in [1.29, 1.82) is 5.26 Å². The summed E-state index contributed by atoms with van der Waals surface area (Å²) in [6.45, 7) is 4.34. The van der Waals surface area contributed by atoms with Crippen molar-refractivity contribution in [1.82, 2.24) is 4.90 Å². The molecule has 2 heterocycles. The lowest BCUT2D eigenvalue weighted by molar-refractivity contribution is 0.251. The van der Waals surface area contributed by atoms with E-state index in [0.29, 0.717) is 11.3 Å². The highest BCUT2D eigenvalue weighted by Crippen LogP contribution is 2.26. The fraction of sp³-hybridized carbons (Fsp3) is 0.312. The quantitative estimate of drug-likeness (QED) is 0.811. The van der Waals surface area contributed by atoms with Gasteiger partial charge >= 0.3 is 0 Å². The van der Waals surface area contributed by atoms with Crippen LogP contribution in [-0.4, -0.2) is 31.1 Å². The number of benzene rings is 1.